The van der Waals surface area contributed by atoms with Gasteiger partial charge in [-0.1, -0.05) is 18.2 Å². The average Bonchev–Trinajstić information content (AvgIpc) is 3.41. The van der Waals surface area contributed by atoms with Crippen LogP contribution in [0, 0.1) is 0 Å². The number of aryl methyl sites for hydroxylation is 2. The van der Waals surface area contributed by atoms with Crippen LogP contribution < -0.4 is 10.1 Å². The Kier molecular flexibility index (Phi) is 4.47. The van der Waals surface area contributed by atoms with Gasteiger partial charge in [-0.05, 0) is 51.3 Å². The van der Waals surface area contributed by atoms with Crippen molar-refractivity contribution in [2.75, 3.05) is 27.7 Å². The van der Waals surface area contributed by atoms with E-state index < -0.39 is 0 Å². The van der Waals surface area contributed by atoms with E-state index in [9.17, 15) is 9.59 Å². The number of benzene rings is 3. The minimum atomic E-state index is -0.341. The summed E-state index contributed by atoms with van der Waals surface area (Å²) < 4.78 is 9.96. The van der Waals surface area contributed by atoms with E-state index in [0.29, 0.717) is 16.9 Å². The lowest BCUT2D eigenvalue weighted by atomic mass is 9.96. The predicted molar refractivity (Wildman–Crippen MR) is 135 cm³/mol. The molecule has 0 fully saturated rings. The first-order valence-electron chi connectivity index (χ1n) is 11.5. The Morgan fingerprint density at radius 3 is 2.32 bits per heavy atom. The maximum Gasteiger partial charge on any atom is 0.259 e. The number of imide groups is 1. The molecule has 2 aromatic heterocycles. The normalized spacial score (nSPS) is 13.7. The highest BCUT2D eigenvalue weighted by Crippen LogP contribution is 2.45. The van der Waals surface area contributed by atoms with Gasteiger partial charge < -0.3 is 18.8 Å². The van der Waals surface area contributed by atoms with Crippen LogP contribution in [0.4, 0.5) is 0 Å². The Bertz CT molecular complexity index is 1670. The minimum absolute atomic E-state index is 0.331. The van der Waals surface area contributed by atoms with Crippen molar-refractivity contribution in [3.63, 3.8) is 0 Å². The topological polar surface area (TPSA) is 68.5 Å². The first-order valence-corrected chi connectivity index (χ1v) is 11.5. The molecular weight excluding hydrogens is 428 g/mol. The maximum atomic E-state index is 13.2. The molecule has 5 aromatic rings. The van der Waals surface area contributed by atoms with Crippen molar-refractivity contribution < 1.29 is 14.3 Å². The molecule has 7 nitrogen and oxygen atoms in total. The van der Waals surface area contributed by atoms with Crippen molar-refractivity contribution in [2.24, 2.45) is 7.05 Å². The zero-order chi connectivity index (χ0) is 23.7. The predicted octanol–water partition coefficient (Wildman–Crippen LogP) is 4.28. The number of methoxy groups -OCH3 is 1. The third-order valence-corrected chi connectivity index (χ3v) is 7.02. The number of aromatic nitrogens is 2. The molecule has 1 aliphatic heterocycles. The molecule has 1 aliphatic rings. The quantitative estimate of drug-likeness (QED) is 0.403. The number of hydrogen-bond donors (Lipinski definition) is 1. The second kappa shape index (κ2) is 7.33. The minimum Gasteiger partial charge on any atom is -0.497 e. The number of hydrogen-bond acceptors (Lipinski definition) is 4. The second-order valence-electron chi connectivity index (χ2n) is 9.25. The van der Waals surface area contributed by atoms with E-state index in [1.165, 1.54) is 0 Å². The first-order chi connectivity index (χ1) is 16.4. The monoisotopic (exact) mass is 454 g/mol. The van der Waals surface area contributed by atoms with Gasteiger partial charge in [0.25, 0.3) is 11.8 Å². The highest BCUT2D eigenvalue weighted by Gasteiger charge is 2.36. The number of nitrogens with zero attached hydrogens (tertiary/aromatic N) is 3. The van der Waals surface area contributed by atoms with Crippen molar-refractivity contribution in [3.8, 4) is 5.75 Å². The first kappa shape index (κ1) is 20.7. The summed E-state index contributed by atoms with van der Waals surface area (Å²) in [7, 11) is 7.81. The standard InChI is InChI=1S/C27H26N4O3/c1-29(2)12-7-13-31-19-9-6-5-8-16(19)20-22-23(27(33)28-26(22)32)21-17-14-15(34-4)10-11-18(17)30(3)24(21)25(20)31/h5-6,8-11,14H,7,12-13H2,1-4H3,(H,28,32,33). The second-order valence-corrected chi connectivity index (χ2v) is 9.25. The third-order valence-electron chi connectivity index (χ3n) is 7.02. The van der Waals surface area contributed by atoms with Crippen LogP contribution in [0.15, 0.2) is 42.5 Å². The number of amides is 2. The van der Waals surface area contributed by atoms with Crippen molar-refractivity contribution in [1.29, 1.82) is 0 Å². The summed E-state index contributed by atoms with van der Waals surface area (Å²) in [5.74, 6) is 0.0414. The molecule has 3 aromatic carbocycles. The lowest BCUT2D eigenvalue weighted by Gasteiger charge is -2.13. The third kappa shape index (κ3) is 2.67. The van der Waals surface area contributed by atoms with Gasteiger partial charge in [-0.15, -0.1) is 0 Å². The molecule has 0 bridgehead atoms. The molecule has 0 spiro atoms. The van der Waals surface area contributed by atoms with Gasteiger partial charge in [0, 0.05) is 46.2 Å². The molecule has 7 heteroatoms. The zero-order valence-electron chi connectivity index (χ0n) is 19.7. The summed E-state index contributed by atoms with van der Waals surface area (Å²) >= 11 is 0. The van der Waals surface area contributed by atoms with Crippen molar-refractivity contribution in [1.82, 2.24) is 19.4 Å². The van der Waals surface area contributed by atoms with Crippen LogP contribution in [0.2, 0.25) is 0 Å². The van der Waals surface area contributed by atoms with Crippen molar-refractivity contribution in [3.05, 3.63) is 53.6 Å². The summed E-state index contributed by atoms with van der Waals surface area (Å²) in [6.07, 6.45) is 0.961. The molecule has 0 radical (unpaired) electrons. The molecule has 0 aliphatic carbocycles. The number of para-hydroxylation sites is 1. The van der Waals surface area contributed by atoms with Gasteiger partial charge in [0.2, 0.25) is 0 Å². The zero-order valence-corrected chi connectivity index (χ0v) is 19.7. The summed E-state index contributed by atoms with van der Waals surface area (Å²) in [5.41, 5.74) is 4.95. The van der Waals surface area contributed by atoms with Crippen LogP contribution >= 0.6 is 0 Å². The molecule has 172 valence electrons. The molecule has 0 atom stereocenters. The van der Waals surface area contributed by atoms with Gasteiger partial charge in [0.05, 0.1) is 29.3 Å². The Hall–Kier alpha value is -3.84. The summed E-state index contributed by atoms with van der Waals surface area (Å²) in [6.45, 7) is 1.75. The van der Waals surface area contributed by atoms with Crippen molar-refractivity contribution >= 4 is 55.4 Å². The summed E-state index contributed by atoms with van der Waals surface area (Å²) in [6, 6.07) is 14.1. The Labute approximate surface area is 196 Å². The van der Waals surface area contributed by atoms with Crippen LogP contribution in [0.25, 0.3) is 43.6 Å². The van der Waals surface area contributed by atoms with Gasteiger partial charge in [-0.2, -0.15) is 0 Å². The molecule has 6 rings (SSSR count). The van der Waals surface area contributed by atoms with Gasteiger partial charge in [0.1, 0.15) is 5.75 Å². The molecule has 34 heavy (non-hydrogen) atoms. The van der Waals surface area contributed by atoms with Gasteiger partial charge in [0.15, 0.2) is 0 Å². The highest BCUT2D eigenvalue weighted by atomic mass is 16.5. The van der Waals surface area contributed by atoms with E-state index >= 15 is 0 Å². The van der Waals surface area contributed by atoms with Crippen LogP contribution in [-0.2, 0) is 13.6 Å². The van der Waals surface area contributed by atoms with Crippen LogP contribution in [-0.4, -0.2) is 53.6 Å². The van der Waals surface area contributed by atoms with Gasteiger partial charge in [-0.3, -0.25) is 14.9 Å². The van der Waals surface area contributed by atoms with E-state index in [2.05, 4.69) is 39.5 Å². The molecule has 0 saturated carbocycles. The Balaban J connectivity index is 1.86. The smallest absolute Gasteiger partial charge is 0.259 e. The van der Waals surface area contributed by atoms with Crippen LogP contribution in [0.3, 0.4) is 0 Å². The maximum absolute atomic E-state index is 13.2. The fraction of sp³-hybridized carbons (Fsp3) is 0.259. The fourth-order valence-electron chi connectivity index (χ4n) is 5.59. The van der Waals surface area contributed by atoms with E-state index in [1.54, 1.807) is 7.11 Å². The molecule has 3 heterocycles. The Morgan fingerprint density at radius 2 is 1.62 bits per heavy atom. The van der Waals surface area contributed by atoms with E-state index in [-0.39, 0.29) is 11.8 Å². The number of carbonyl (C=O) groups is 2. The van der Waals surface area contributed by atoms with Crippen LogP contribution in [0.1, 0.15) is 27.1 Å². The highest BCUT2D eigenvalue weighted by molar-refractivity contribution is 6.39. The van der Waals surface area contributed by atoms with E-state index in [4.69, 9.17) is 4.74 Å². The SMILES string of the molecule is COc1ccc2c(c1)c1c3c(c4c5ccccc5n(CCCN(C)C)c4c1n2C)C(=O)NC3=O. The lowest BCUT2D eigenvalue weighted by molar-refractivity contribution is 0.0880. The number of nitrogens with one attached hydrogen (secondary N) is 1. The van der Waals surface area contributed by atoms with Gasteiger partial charge in [-0.25, -0.2) is 0 Å². The van der Waals surface area contributed by atoms with Crippen LogP contribution in [0.5, 0.6) is 5.75 Å². The lowest BCUT2D eigenvalue weighted by Crippen LogP contribution is -2.20. The molecular formula is C27H26N4O3. The molecule has 2 amide bonds. The molecule has 0 unspecified atom stereocenters. The number of ether oxygens (including phenoxy) is 1. The fourth-order valence-corrected chi connectivity index (χ4v) is 5.59. The van der Waals surface area contributed by atoms with Crippen molar-refractivity contribution in [2.45, 2.75) is 13.0 Å². The number of carbonyl (C=O) groups excluding carboxylic acids is 2. The molecule has 0 saturated heterocycles. The average molecular weight is 455 g/mol. The number of fused-ring (bicyclic) bond motifs is 10. The summed E-state index contributed by atoms with van der Waals surface area (Å²) in [4.78, 5) is 28.5. The summed E-state index contributed by atoms with van der Waals surface area (Å²) in [5, 5.41) is 6.12. The van der Waals surface area contributed by atoms with Gasteiger partial charge >= 0.3 is 0 Å². The number of rotatable bonds is 5. The van der Waals surface area contributed by atoms with E-state index in [1.807, 2.05) is 43.4 Å². The molecule has 1 N–H and O–H groups in total. The van der Waals surface area contributed by atoms with E-state index in [0.717, 1.165) is 63.1 Å². The largest absolute Gasteiger partial charge is 0.497 e. The Morgan fingerprint density at radius 1 is 0.912 bits per heavy atom.